The molecule has 1 amide bonds. The van der Waals surface area contributed by atoms with Gasteiger partial charge in [0.2, 0.25) is 11.7 Å². The van der Waals surface area contributed by atoms with Crippen molar-refractivity contribution in [3.05, 3.63) is 65.7 Å². The molecule has 1 aromatic heterocycles. The predicted molar refractivity (Wildman–Crippen MR) is 90.8 cm³/mol. The first-order valence-electron chi connectivity index (χ1n) is 7.99. The molecule has 0 fully saturated rings. The summed E-state index contributed by atoms with van der Waals surface area (Å²) in [5, 5.41) is 12.0. The summed E-state index contributed by atoms with van der Waals surface area (Å²) >= 11 is 0. The molecule has 0 saturated heterocycles. The zero-order valence-corrected chi connectivity index (χ0v) is 14.3. The molecule has 0 saturated carbocycles. The monoisotopic (exact) mass is 357 g/mol. The van der Waals surface area contributed by atoms with Crippen LogP contribution in [-0.4, -0.2) is 38.1 Å². The average Bonchev–Trinajstić information content (AvgIpc) is 3.12. The van der Waals surface area contributed by atoms with Crippen LogP contribution in [-0.2, 0) is 11.3 Å². The maximum atomic E-state index is 13.4. The van der Waals surface area contributed by atoms with Crippen LogP contribution >= 0.6 is 0 Å². The van der Waals surface area contributed by atoms with Gasteiger partial charge in [-0.05, 0) is 29.8 Å². The van der Waals surface area contributed by atoms with Crippen molar-refractivity contribution in [3.63, 3.8) is 0 Å². The van der Waals surface area contributed by atoms with Gasteiger partial charge in [0, 0.05) is 12.6 Å². The third-order valence-corrected chi connectivity index (χ3v) is 4.16. The summed E-state index contributed by atoms with van der Waals surface area (Å²) in [4.78, 5) is 15.1. The molecule has 0 N–H and O–H groups in total. The van der Waals surface area contributed by atoms with Gasteiger partial charge in [0.25, 0.3) is 0 Å². The smallest absolute Gasteiger partial charge is 0.246 e. The quantitative estimate of drug-likeness (QED) is 0.704. The number of aromatic nitrogens is 4. The fourth-order valence-corrected chi connectivity index (χ4v) is 2.46. The first kappa shape index (κ1) is 17.7. The van der Waals surface area contributed by atoms with E-state index in [0.29, 0.717) is 11.4 Å². The summed E-state index contributed by atoms with van der Waals surface area (Å²) < 4.78 is 26.5. The second-order valence-electron chi connectivity index (χ2n) is 5.86. The SMILES string of the molecule is CC(c1ccc(F)c(F)c1)N(C)C(=O)Cn1nnc(-c2ccccc2)n1. The molecule has 134 valence electrons. The van der Waals surface area contributed by atoms with Crippen molar-refractivity contribution in [2.24, 2.45) is 0 Å². The second kappa shape index (κ2) is 7.38. The van der Waals surface area contributed by atoms with Crippen LogP contribution < -0.4 is 0 Å². The predicted octanol–water partition coefficient (Wildman–Crippen LogP) is 2.84. The average molecular weight is 357 g/mol. The molecule has 0 aliphatic rings. The maximum Gasteiger partial charge on any atom is 0.246 e. The molecule has 6 nitrogen and oxygen atoms in total. The van der Waals surface area contributed by atoms with Crippen molar-refractivity contribution < 1.29 is 13.6 Å². The van der Waals surface area contributed by atoms with E-state index in [0.717, 1.165) is 17.7 Å². The van der Waals surface area contributed by atoms with Crippen molar-refractivity contribution >= 4 is 5.91 Å². The van der Waals surface area contributed by atoms with Crippen LogP contribution in [0.1, 0.15) is 18.5 Å². The highest BCUT2D eigenvalue weighted by Crippen LogP contribution is 2.21. The number of carbonyl (C=O) groups excluding carboxylic acids is 1. The minimum atomic E-state index is -0.944. The number of likely N-dealkylation sites (N-methyl/N-ethyl adjacent to an activating group) is 1. The van der Waals surface area contributed by atoms with E-state index >= 15 is 0 Å². The Morgan fingerprint density at radius 1 is 1.15 bits per heavy atom. The van der Waals surface area contributed by atoms with Gasteiger partial charge < -0.3 is 4.90 Å². The third-order valence-electron chi connectivity index (χ3n) is 4.16. The summed E-state index contributed by atoms with van der Waals surface area (Å²) in [5.41, 5.74) is 1.30. The summed E-state index contributed by atoms with van der Waals surface area (Å²) in [6, 6.07) is 12.4. The minimum Gasteiger partial charge on any atom is -0.337 e. The van der Waals surface area contributed by atoms with Crippen LogP contribution in [0.15, 0.2) is 48.5 Å². The van der Waals surface area contributed by atoms with Gasteiger partial charge in [-0.1, -0.05) is 36.4 Å². The lowest BCUT2D eigenvalue weighted by molar-refractivity contribution is -0.132. The van der Waals surface area contributed by atoms with Crippen LogP contribution in [0.2, 0.25) is 0 Å². The van der Waals surface area contributed by atoms with E-state index in [9.17, 15) is 13.6 Å². The summed E-state index contributed by atoms with van der Waals surface area (Å²) in [5.74, 6) is -1.72. The third kappa shape index (κ3) is 3.74. The molecule has 3 aromatic rings. The Hall–Kier alpha value is -3.16. The van der Waals surface area contributed by atoms with Crippen LogP contribution in [0.25, 0.3) is 11.4 Å². The van der Waals surface area contributed by atoms with Crippen molar-refractivity contribution in [1.82, 2.24) is 25.1 Å². The molecule has 8 heteroatoms. The molecule has 0 bridgehead atoms. The van der Waals surface area contributed by atoms with Gasteiger partial charge in [-0.2, -0.15) is 4.80 Å². The topological polar surface area (TPSA) is 63.9 Å². The lowest BCUT2D eigenvalue weighted by atomic mass is 10.1. The highest BCUT2D eigenvalue weighted by Gasteiger charge is 2.20. The largest absolute Gasteiger partial charge is 0.337 e. The molecule has 0 aliphatic carbocycles. The lowest BCUT2D eigenvalue weighted by Gasteiger charge is -2.25. The van der Waals surface area contributed by atoms with Gasteiger partial charge in [0.05, 0.1) is 6.04 Å². The van der Waals surface area contributed by atoms with E-state index in [1.807, 2.05) is 30.3 Å². The fraction of sp³-hybridized carbons (Fsp3) is 0.222. The molecular formula is C18H17F2N5O. The number of hydrogen-bond donors (Lipinski definition) is 0. The van der Waals surface area contributed by atoms with E-state index in [4.69, 9.17) is 0 Å². The van der Waals surface area contributed by atoms with Crippen LogP contribution in [0.3, 0.4) is 0 Å². The number of hydrogen-bond acceptors (Lipinski definition) is 4. The van der Waals surface area contributed by atoms with Gasteiger partial charge >= 0.3 is 0 Å². The van der Waals surface area contributed by atoms with Gasteiger partial charge in [0.15, 0.2) is 11.6 Å². The zero-order chi connectivity index (χ0) is 18.7. The number of amides is 1. The Bertz CT molecular complexity index is 913. The molecule has 0 radical (unpaired) electrons. The highest BCUT2D eigenvalue weighted by molar-refractivity contribution is 5.76. The van der Waals surface area contributed by atoms with Crippen molar-refractivity contribution in [2.45, 2.75) is 19.5 Å². The van der Waals surface area contributed by atoms with E-state index in [1.54, 1.807) is 14.0 Å². The Labute approximate surface area is 149 Å². The van der Waals surface area contributed by atoms with E-state index in [-0.39, 0.29) is 12.5 Å². The minimum absolute atomic E-state index is 0.107. The summed E-state index contributed by atoms with van der Waals surface area (Å²) in [7, 11) is 1.59. The number of halogens is 2. The van der Waals surface area contributed by atoms with Crippen molar-refractivity contribution in [2.75, 3.05) is 7.05 Å². The van der Waals surface area contributed by atoms with E-state index < -0.39 is 17.7 Å². The van der Waals surface area contributed by atoms with Gasteiger partial charge in [-0.15, -0.1) is 10.2 Å². The highest BCUT2D eigenvalue weighted by atomic mass is 19.2. The van der Waals surface area contributed by atoms with Gasteiger partial charge in [-0.25, -0.2) is 8.78 Å². The van der Waals surface area contributed by atoms with Crippen LogP contribution in [0, 0.1) is 11.6 Å². The molecule has 2 aromatic carbocycles. The number of benzene rings is 2. The summed E-state index contributed by atoms with van der Waals surface area (Å²) in [6.07, 6.45) is 0. The van der Waals surface area contributed by atoms with E-state index in [2.05, 4.69) is 15.4 Å². The van der Waals surface area contributed by atoms with Crippen molar-refractivity contribution in [3.8, 4) is 11.4 Å². The Kier molecular flexibility index (Phi) is 5.01. The fourth-order valence-electron chi connectivity index (χ4n) is 2.46. The molecular weight excluding hydrogens is 340 g/mol. The second-order valence-corrected chi connectivity index (χ2v) is 5.86. The maximum absolute atomic E-state index is 13.4. The normalized spacial score (nSPS) is 12.0. The van der Waals surface area contributed by atoms with Crippen LogP contribution in [0.5, 0.6) is 0 Å². The lowest BCUT2D eigenvalue weighted by Crippen LogP contribution is -2.33. The number of tetrazole rings is 1. The molecule has 1 unspecified atom stereocenters. The summed E-state index contributed by atoms with van der Waals surface area (Å²) in [6.45, 7) is 1.62. The number of rotatable bonds is 5. The van der Waals surface area contributed by atoms with Crippen molar-refractivity contribution in [1.29, 1.82) is 0 Å². The first-order chi connectivity index (χ1) is 12.5. The Morgan fingerprint density at radius 2 is 1.88 bits per heavy atom. The zero-order valence-electron chi connectivity index (χ0n) is 14.3. The molecule has 1 atom stereocenters. The molecule has 1 heterocycles. The first-order valence-corrected chi connectivity index (χ1v) is 7.99. The van der Waals surface area contributed by atoms with Gasteiger partial charge in [-0.3, -0.25) is 4.79 Å². The number of carbonyl (C=O) groups is 1. The standard InChI is InChI=1S/C18H17F2N5O/c1-12(14-8-9-15(19)16(20)10-14)24(2)17(26)11-25-22-18(21-23-25)13-6-4-3-5-7-13/h3-10,12H,11H2,1-2H3. The number of nitrogens with zero attached hydrogens (tertiary/aromatic N) is 5. The van der Waals surface area contributed by atoms with E-state index in [1.165, 1.54) is 15.8 Å². The molecule has 0 spiro atoms. The molecule has 26 heavy (non-hydrogen) atoms. The molecule has 0 aliphatic heterocycles. The van der Waals surface area contributed by atoms with Gasteiger partial charge in [0.1, 0.15) is 6.54 Å². The Balaban J connectivity index is 1.69. The Morgan fingerprint density at radius 3 is 2.58 bits per heavy atom. The molecule has 3 rings (SSSR count). The van der Waals surface area contributed by atoms with Crippen LogP contribution in [0.4, 0.5) is 8.78 Å².